The molecule has 1 fully saturated rings. The lowest BCUT2D eigenvalue weighted by Gasteiger charge is -2.36. The van der Waals surface area contributed by atoms with Gasteiger partial charge in [0.15, 0.2) is 5.95 Å². The lowest BCUT2D eigenvalue weighted by Crippen LogP contribution is -2.34. The summed E-state index contributed by atoms with van der Waals surface area (Å²) in [5.41, 5.74) is 9.87. The number of aromatic nitrogens is 2. The van der Waals surface area contributed by atoms with Crippen LogP contribution in [0.3, 0.4) is 0 Å². The quantitative estimate of drug-likeness (QED) is 0.866. The Balaban J connectivity index is 1.76. The van der Waals surface area contributed by atoms with E-state index in [2.05, 4.69) is 42.7 Å². The van der Waals surface area contributed by atoms with Crippen LogP contribution in [0.1, 0.15) is 31.4 Å². The third-order valence-corrected chi connectivity index (χ3v) is 6.38. The van der Waals surface area contributed by atoms with Gasteiger partial charge in [0.2, 0.25) is 0 Å². The first-order chi connectivity index (χ1) is 13.1. The highest BCUT2D eigenvalue weighted by Crippen LogP contribution is 2.54. The summed E-state index contributed by atoms with van der Waals surface area (Å²) < 4.78 is 13.3. The molecule has 0 spiro atoms. The number of aryl methyl sites for hydroxylation is 1. The van der Waals surface area contributed by atoms with Crippen LogP contribution >= 0.6 is 0 Å². The van der Waals surface area contributed by atoms with Gasteiger partial charge in [0.05, 0.1) is 17.9 Å². The molecule has 0 aliphatic heterocycles. The van der Waals surface area contributed by atoms with Crippen molar-refractivity contribution < 1.29 is 9.47 Å². The van der Waals surface area contributed by atoms with E-state index in [4.69, 9.17) is 20.2 Å². The second kappa shape index (κ2) is 7.13. The summed E-state index contributed by atoms with van der Waals surface area (Å²) in [6.45, 7) is 0. The molecule has 4 atom stereocenters. The van der Waals surface area contributed by atoms with Crippen LogP contribution in [0.4, 0.5) is 5.95 Å². The molecule has 5 nitrogen and oxygen atoms in total. The van der Waals surface area contributed by atoms with Gasteiger partial charge < -0.3 is 19.8 Å². The number of nitrogens with zero attached hydrogens (tertiary/aromatic N) is 2. The highest BCUT2D eigenvalue weighted by atomic mass is 16.5. The first-order valence-electron chi connectivity index (χ1n) is 9.69. The minimum Gasteiger partial charge on any atom is -0.377 e. The SMILES string of the molecule is COC1C=C2CCC(CC3C=CC=CC3OC)(c3cn(C)c(N)n3)C2=CC1. The lowest BCUT2D eigenvalue weighted by atomic mass is 9.69. The van der Waals surface area contributed by atoms with Crippen LogP contribution in [0, 0.1) is 5.92 Å². The number of nitrogens with two attached hydrogens (primary N) is 1. The fourth-order valence-corrected chi connectivity index (χ4v) is 4.88. The van der Waals surface area contributed by atoms with Crippen LogP contribution in [0.15, 0.2) is 53.8 Å². The number of anilines is 1. The number of nitrogen functional groups attached to an aromatic ring is 1. The number of rotatable bonds is 5. The van der Waals surface area contributed by atoms with E-state index in [-0.39, 0.29) is 17.6 Å². The molecule has 27 heavy (non-hydrogen) atoms. The standard InChI is InChI=1S/C22H29N3O2/c1-25-14-20(24-21(25)23)22(13-16-6-4-5-7-19(16)27-3)11-10-15-12-17(26-2)8-9-18(15)22/h4-7,9,12,14,16-17,19H,8,10-11,13H2,1-3H3,(H2,23,24). The molecule has 4 unspecified atom stereocenters. The molecule has 5 heteroatoms. The van der Waals surface area contributed by atoms with Gasteiger partial charge in [-0.05, 0) is 36.8 Å². The molecule has 144 valence electrons. The Labute approximate surface area is 161 Å². The first kappa shape index (κ1) is 18.3. The fraction of sp³-hybridized carbons (Fsp3) is 0.500. The second-order valence-electron chi connectivity index (χ2n) is 7.84. The summed E-state index contributed by atoms with van der Waals surface area (Å²) in [6.07, 6.45) is 19.6. The normalized spacial score (nSPS) is 32.3. The van der Waals surface area contributed by atoms with Crippen molar-refractivity contribution in [3.63, 3.8) is 0 Å². The van der Waals surface area contributed by atoms with Gasteiger partial charge in [-0.1, -0.05) is 36.5 Å². The summed E-state index contributed by atoms with van der Waals surface area (Å²) in [6, 6.07) is 0. The second-order valence-corrected chi connectivity index (χ2v) is 7.84. The van der Waals surface area contributed by atoms with Crippen molar-refractivity contribution in [2.24, 2.45) is 13.0 Å². The van der Waals surface area contributed by atoms with Gasteiger partial charge in [0.1, 0.15) is 0 Å². The Bertz CT molecular complexity index is 813. The average Bonchev–Trinajstić information content (AvgIpc) is 3.23. The van der Waals surface area contributed by atoms with Crippen LogP contribution in [0.25, 0.3) is 0 Å². The highest BCUT2D eigenvalue weighted by molar-refractivity contribution is 5.52. The predicted octanol–water partition coefficient (Wildman–Crippen LogP) is 3.45. The van der Waals surface area contributed by atoms with E-state index in [9.17, 15) is 0 Å². The molecule has 1 heterocycles. The third-order valence-electron chi connectivity index (χ3n) is 6.38. The van der Waals surface area contributed by atoms with Crippen molar-refractivity contribution in [1.29, 1.82) is 0 Å². The van der Waals surface area contributed by atoms with Crippen LogP contribution in [0.5, 0.6) is 0 Å². The molecule has 2 N–H and O–H groups in total. The third kappa shape index (κ3) is 3.09. The van der Waals surface area contributed by atoms with E-state index in [1.807, 2.05) is 11.6 Å². The molecular formula is C22H29N3O2. The number of fused-ring (bicyclic) bond motifs is 1. The molecule has 3 aliphatic rings. The van der Waals surface area contributed by atoms with Crippen LogP contribution in [-0.2, 0) is 21.9 Å². The van der Waals surface area contributed by atoms with E-state index in [1.54, 1.807) is 14.2 Å². The molecule has 0 saturated heterocycles. The van der Waals surface area contributed by atoms with Gasteiger partial charge >= 0.3 is 0 Å². The maximum absolute atomic E-state index is 6.11. The zero-order chi connectivity index (χ0) is 19.0. The van der Waals surface area contributed by atoms with E-state index in [0.29, 0.717) is 11.9 Å². The Morgan fingerprint density at radius 2 is 2.07 bits per heavy atom. The van der Waals surface area contributed by atoms with Gasteiger partial charge in [-0.25, -0.2) is 4.98 Å². The Morgan fingerprint density at radius 3 is 2.78 bits per heavy atom. The summed E-state index contributed by atoms with van der Waals surface area (Å²) in [5.74, 6) is 0.874. The van der Waals surface area contributed by atoms with Crippen molar-refractivity contribution in [3.8, 4) is 0 Å². The van der Waals surface area contributed by atoms with Crippen LogP contribution in [-0.4, -0.2) is 36.0 Å². The molecule has 1 saturated carbocycles. The average molecular weight is 367 g/mol. The zero-order valence-electron chi connectivity index (χ0n) is 16.4. The maximum Gasteiger partial charge on any atom is 0.200 e. The maximum atomic E-state index is 6.11. The van der Waals surface area contributed by atoms with Crippen molar-refractivity contribution in [2.75, 3.05) is 20.0 Å². The molecule has 3 aliphatic carbocycles. The summed E-state index contributed by atoms with van der Waals surface area (Å²) in [4.78, 5) is 4.77. The lowest BCUT2D eigenvalue weighted by molar-refractivity contribution is 0.0940. The number of allylic oxidation sites excluding steroid dienone is 4. The zero-order valence-corrected chi connectivity index (χ0v) is 16.4. The Morgan fingerprint density at radius 1 is 1.26 bits per heavy atom. The number of imidazole rings is 1. The molecule has 0 radical (unpaired) electrons. The smallest absolute Gasteiger partial charge is 0.200 e. The van der Waals surface area contributed by atoms with Crippen molar-refractivity contribution in [2.45, 2.75) is 43.3 Å². The largest absolute Gasteiger partial charge is 0.377 e. The topological polar surface area (TPSA) is 62.3 Å². The van der Waals surface area contributed by atoms with Gasteiger partial charge in [0.25, 0.3) is 0 Å². The summed E-state index contributed by atoms with van der Waals surface area (Å²) >= 11 is 0. The number of hydrogen-bond donors (Lipinski definition) is 1. The number of ether oxygens (including phenoxy) is 2. The highest BCUT2D eigenvalue weighted by Gasteiger charge is 2.47. The van der Waals surface area contributed by atoms with Gasteiger partial charge in [-0.15, -0.1) is 0 Å². The monoisotopic (exact) mass is 367 g/mol. The minimum absolute atomic E-state index is 0.0943. The van der Waals surface area contributed by atoms with Crippen molar-refractivity contribution in [1.82, 2.24) is 9.55 Å². The van der Waals surface area contributed by atoms with Gasteiger partial charge in [-0.3, -0.25) is 0 Å². The fourth-order valence-electron chi connectivity index (χ4n) is 4.88. The number of methoxy groups -OCH3 is 2. The minimum atomic E-state index is -0.128. The van der Waals surface area contributed by atoms with E-state index < -0.39 is 0 Å². The molecule has 0 bridgehead atoms. The molecule has 1 aromatic rings. The molecule has 0 aromatic carbocycles. The Hall–Kier alpha value is -2.11. The van der Waals surface area contributed by atoms with E-state index in [1.165, 1.54) is 11.1 Å². The van der Waals surface area contributed by atoms with Crippen molar-refractivity contribution in [3.05, 3.63) is 59.5 Å². The predicted molar refractivity (Wildman–Crippen MR) is 107 cm³/mol. The molecule has 4 rings (SSSR count). The summed E-state index contributed by atoms with van der Waals surface area (Å²) in [5, 5.41) is 0. The van der Waals surface area contributed by atoms with Gasteiger partial charge in [0, 0.05) is 38.8 Å². The van der Waals surface area contributed by atoms with E-state index in [0.717, 1.165) is 31.4 Å². The van der Waals surface area contributed by atoms with Gasteiger partial charge in [-0.2, -0.15) is 0 Å². The van der Waals surface area contributed by atoms with Crippen molar-refractivity contribution >= 4 is 5.95 Å². The van der Waals surface area contributed by atoms with Crippen LogP contribution < -0.4 is 5.73 Å². The number of hydrogen-bond acceptors (Lipinski definition) is 4. The molecular weight excluding hydrogens is 338 g/mol. The van der Waals surface area contributed by atoms with E-state index >= 15 is 0 Å². The summed E-state index contributed by atoms with van der Waals surface area (Å²) in [7, 11) is 5.53. The Kier molecular flexibility index (Phi) is 4.82. The van der Waals surface area contributed by atoms with Crippen LogP contribution in [0.2, 0.25) is 0 Å². The molecule has 1 aromatic heterocycles. The molecule has 0 amide bonds. The first-order valence-corrected chi connectivity index (χ1v) is 9.69.